The molecule has 2 aromatic heterocycles. The maximum Gasteiger partial charge on any atom is 0.340 e. The van der Waals surface area contributed by atoms with Crippen LogP contribution in [0.3, 0.4) is 0 Å². The highest BCUT2D eigenvalue weighted by Gasteiger charge is 2.31. The maximum absolute atomic E-state index is 12.8. The van der Waals surface area contributed by atoms with Crippen molar-refractivity contribution in [2.45, 2.75) is 39.8 Å². The van der Waals surface area contributed by atoms with Crippen LogP contribution < -0.4 is 4.90 Å². The fraction of sp³-hybridized carbons (Fsp3) is 0.304. The summed E-state index contributed by atoms with van der Waals surface area (Å²) >= 11 is 0. The zero-order valence-electron chi connectivity index (χ0n) is 16.8. The van der Waals surface area contributed by atoms with E-state index in [-0.39, 0.29) is 18.6 Å². The van der Waals surface area contributed by atoms with Gasteiger partial charge in [0.1, 0.15) is 5.76 Å². The van der Waals surface area contributed by atoms with Gasteiger partial charge in [0.25, 0.3) is 5.91 Å². The van der Waals surface area contributed by atoms with Crippen molar-refractivity contribution in [2.24, 2.45) is 0 Å². The number of ether oxygens (including phenoxy) is 1. The van der Waals surface area contributed by atoms with E-state index in [1.807, 2.05) is 61.7 Å². The monoisotopic (exact) mass is 392 g/mol. The van der Waals surface area contributed by atoms with Crippen molar-refractivity contribution in [3.8, 4) is 0 Å². The molecule has 1 aromatic carbocycles. The number of hydrogen-bond donors (Lipinski definition) is 0. The van der Waals surface area contributed by atoms with Crippen molar-refractivity contribution >= 4 is 17.6 Å². The van der Waals surface area contributed by atoms with Gasteiger partial charge < -0.3 is 18.6 Å². The van der Waals surface area contributed by atoms with Gasteiger partial charge in [-0.3, -0.25) is 4.79 Å². The molecule has 6 nitrogen and oxygen atoms in total. The minimum Gasteiger partial charge on any atom is -0.467 e. The Kier molecular flexibility index (Phi) is 5.01. The molecule has 1 atom stereocenters. The van der Waals surface area contributed by atoms with Crippen LogP contribution in [-0.2, 0) is 22.5 Å². The van der Waals surface area contributed by atoms with Gasteiger partial charge in [0.2, 0.25) is 0 Å². The summed E-state index contributed by atoms with van der Waals surface area (Å²) in [4.78, 5) is 27.1. The Morgan fingerprint density at radius 1 is 1.17 bits per heavy atom. The lowest BCUT2D eigenvalue weighted by Gasteiger charge is -2.22. The Morgan fingerprint density at radius 3 is 2.72 bits per heavy atom. The largest absolute Gasteiger partial charge is 0.467 e. The van der Waals surface area contributed by atoms with E-state index >= 15 is 0 Å². The first-order valence-electron chi connectivity index (χ1n) is 9.72. The van der Waals surface area contributed by atoms with Gasteiger partial charge in [-0.2, -0.15) is 0 Å². The lowest BCUT2D eigenvalue weighted by Crippen LogP contribution is -2.38. The van der Waals surface area contributed by atoms with Crippen LogP contribution in [0, 0.1) is 13.8 Å². The van der Waals surface area contributed by atoms with Gasteiger partial charge in [0, 0.05) is 23.1 Å². The van der Waals surface area contributed by atoms with E-state index in [9.17, 15) is 9.59 Å². The molecule has 0 N–H and O–H groups in total. The average molecular weight is 392 g/mol. The number of furan rings is 1. The second kappa shape index (κ2) is 7.62. The number of nitrogens with zero attached hydrogens (tertiary/aromatic N) is 2. The zero-order chi connectivity index (χ0) is 20.5. The van der Waals surface area contributed by atoms with E-state index in [1.54, 1.807) is 17.2 Å². The zero-order valence-corrected chi connectivity index (χ0v) is 16.8. The second-order valence-corrected chi connectivity index (χ2v) is 7.47. The first kappa shape index (κ1) is 19.1. The molecule has 1 unspecified atom stereocenters. The van der Waals surface area contributed by atoms with Crippen molar-refractivity contribution < 1.29 is 18.7 Å². The van der Waals surface area contributed by atoms with Gasteiger partial charge in [-0.25, -0.2) is 4.79 Å². The molecule has 0 aliphatic carbocycles. The Balaban J connectivity index is 1.44. The predicted octanol–water partition coefficient (Wildman–Crippen LogP) is 3.88. The van der Waals surface area contributed by atoms with Gasteiger partial charge >= 0.3 is 5.97 Å². The van der Waals surface area contributed by atoms with Crippen LogP contribution in [0.25, 0.3) is 0 Å². The van der Waals surface area contributed by atoms with Crippen molar-refractivity contribution in [1.29, 1.82) is 0 Å². The molecule has 1 aliphatic rings. The van der Waals surface area contributed by atoms with Crippen molar-refractivity contribution in [3.05, 3.63) is 77.0 Å². The number of anilines is 1. The highest BCUT2D eigenvalue weighted by atomic mass is 16.5. The van der Waals surface area contributed by atoms with E-state index in [2.05, 4.69) is 0 Å². The molecule has 6 heteroatoms. The van der Waals surface area contributed by atoms with Crippen LogP contribution in [0.5, 0.6) is 0 Å². The standard InChI is InChI=1S/C23H24N2O4/c1-15-12-20(17(3)24(15)13-19-8-6-10-28-19)23(27)29-14-22(26)25-16(2)11-18-7-4-5-9-21(18)25/h4-10,12,16H,11,13-14H2,1-3H3. The lowest BCUT2D eigenvalue weighted by atomic mass is 10.1. The normalized spacial score (nSPS) is 15.4. The smallest absolute Gasteiger partial charge is 0.340 e. The van der Waals surface area contributed by atoms with Crippen LogP contribution in [-0.4, -0.2) is 29.1 Å². The number of hydrogen-bond acceptors (Lipinski definition) is 4. The number of carbonyl (C=O) groups is 2. The van der Waals surface area contributed by atoms with Crippen LogP contribution in [0.2, 0.25) is 0 Å². The van der Waals surface area contributed by atoms with E-state index in [1.165, 1.54) is 0 Å². The summed E-state index contributed by atoms with van der Waals surface area (Å²) in [5, 5.41) is 0. The first-order chi connectivity index (χ1) is 14.0. The maximum atomic E-state index is 12.8. The number of rotatable bonds is 5. The molecule has 150 valence electrons. The lowest BCUT2D eigenvalue weighted by molar-refractivity contribution is -0.122. The summed E-state index contributed by atoms with van der Waals surface area (Å²) in [7, 11) is 0. The molecule has 0 saturated heterocycles. The molecule has 0 fully saturated rings. The summed E-state index contributed by atoms with van der Waals surface area (Å²) in [6.07, 6.45) is 2.44. The Hall–Kier alpha value is -3.28. The van der Waals surface area contributed by atoms with Gasteiger partial charge in [0.15, 0.2) is 6.61 Å². The Labute approximate surface area is 169 Å². The molecule has 0 spiro atoms. The molecule has 29 heavy (non-hydrogen) atoms. The number of esters is 1. The van der Waals surface area contributed by atoms with Crippen LogP contribution in [0.1, 0.15) is 40.0 Å². The SMILES string of the molecule is Cc1cc(C(=O)OCC(=O)N2c3ccccc3CC2C)c(C)n1Cc1ccco1. The highest BCUT2D eigenvalue weighted by molar-refractivity contribution is 5.99. The fourth-order valence-corrected chi connectivity index (χ4v) is 4.03. The Morgan fingerprint density at radius 2 is 1.97 bits per heavy atom. The van der Waals surface area contributed by atoms with Crippen molar-refractivity contribution in [2.75, 3.05) is 11.5 Å². The minimum atomic E-state index is -0.489. The van der Waals surface area contributed by atoms with E-state index in [0.717, 1.165) is 34.8 Å². The molecule has 4 rings (SSSR count). The van der Waals surface area contributed by atoms with E-state index in [4.69, 9.17) is 9.15 Å². The third kappa shape index (κ3) is 3.58. The topological polar surface area (TPSA) is 64.7 Å². The van der Waals surface area contributed by atoms with Crippen molar-refractivity contribution in [3.63, 3.8) is 0 Å². The number of fused-ring (bicyclic) bond motifs is 1. The molecule has 0 bridgehead atoms. The number of amides is 1. The quantitative estimate of drug-likeness (QED) is 0.618. The minimum absolute atomic E-state index is 0.0527. The number of carbonyl (C=O) groups excluding carboxylic acids is 2. The predicted molar refractivity (Wildman–Crippen MR) is 109 cm³/mol. The van der Waals surface area contributed by atoms with Crippen molar-refractivity contribution in [1.82, 2.24) is 4.57 Å². The fourth-order valence-electron chi connectivity index (χ4n) is 4.03. The average Bonchev–Trinajstić information content (AvgIpc) is 3.40. The van der Waals surface area contributed by atoms with Gasteiger partial charge in [-0.15, -0.1) is 0 Å². The summed E-state index contributed by atoms with van der Waals surface area (Å²) in [5.74, 6) is 0.112. The molecule has 3 aromatic rings. The molecule has 1 amide bonds. The number of aryl methyl sites for hydroxylation is 1. The highest BCUT2D eigenvalue weighted by Crippen LogP contribution is 2.31. The summed E-state index contributed by atoms with van der Waals surface area (Å²) in [6.45, 7) is 6.06. The first-order valence-corrected chi connectivity index (χ1v) is 9.72. The molecular formula is C23H24N2O4. The summed E-state index contributed by atoms with van der Waals surface area (Å²) in [6, 6.07) is 13.4. The number of benzene rings is 1. The molecule has 3 heterocycles. The van der Waals surface area contributed by atoms with Gasteiger partial charge in [-0.05, 0) is 57.0 Å². The van der Waals surface area contributed by atoms with Gasteiger partial charge in [0.05, 0.1) is 18.4 Å². The summed E-state index contributed by atoms with van der Waals surface area (Å²) in [5.41, 5.74) is 4.23. The van der Waals surface area contributed by atoms with E-state index < -0.39 is 5.97 Å². The van der Waals surface area contributed by atoms with E-state index in [0.29, 0.717) is 12.1 Å². The van der Waals surface area contributed by atoms with Crippen LogP contribution in [0.4, 0.5) is 5.69 Å². The third-order valence-electron chi connectivity index (χ3n) is 5.49. The van der Waals surface area contributed by atoms with Crippen LogP contribution in [0.15, 0.2) is 53.1 Å². The molecule has 1 aliphatic heterocycles. The molecule has 0 radical (unpaired) electrons. The van der Waals surface area contributed by atoms with Crippen LogP contribution >= 0.6 is 0 Å². The summed E-state index contributed by atoms with van der Waals surface area (Å²) < 4.78 is 12.8. The third-order valence-corrected chi connectivity index (χ3v) is 5.49. The number of aromatic nitrogens is 1. The Bertz CT molecular complexity index is 1050. The second-order valence-electron chi connectivity index (χ2n) is 7.47. The number of para-hydroxylation sites is 1. The molecule has 0 saturated carbocycles. The van der Waals surface area contributed by atoms with Gasteiger partial charge in [-0.1, -0.05) is 18.2 Å². The molecular weight excluding hydrogens is 368 g/mol.